The Kier molecular flexibility index (Phi) is 8.67. The number of nitrogens with one attached hydrogen (secondary N) is 1. The standard InChI is InChI=1S/C27H29Cl2N3O4/c1-3-36-25(33)27(10-13-35-14-11-27)20-6-4-5-19(15-20)24-23(17-31-26(32-24)34-2)30-12-9-18-7-8-21(28)16-22(18)29/h4-8,15-17,30H,3,9-14H2,1-2H3. The van der Waals surface area contributed by atoms with E-state index in [4.69, 9.17) is 37.4 Å². The molecule has 1 aliphatic heterocycles. The number of anilines is 1. The van der Waals surface area contributed by atoms with Gasteiger partial charge in [-0.05, 0) is 55.5 Å². The van der Waals surface area contributed by atoms with Crippen molar-refractivity contribution in [1.29, 1.82) is 0 Å². The van der Waals surface area contributed by atoms with Gasteiger partial charge in [0, 0.05) is 35.4 Å². The summed E-state index contributed by atoms with van der Waals surface area (Å²) in [5.74, 6) is -0.219. The number of carbonyl (C=O) groups excluding carboxylic acids is 1. The molecule has 0 atom stereocenters. The summed E-state index contributed by atoms with van der Waals surface area (Å²) in [4.78, 5) is 22.0. The van der Waals surface area contributed by atoms with Crippen LogP contribution in [0.3, 0.4) is 0 Å². The van der Waals surface area contributed by atoms with Gasteiger partial charge in [0.15, 0.2) is 0 Å². The zero-order valence-corrected chi connectivity index (χ0v) is 21.9. The van der Waals surface area contributed by atoms with Crippen LogP contribution in [0.5, 0.6) is 6.01 Å². The fourth-order valence-electron chi connectivity index (χ4n) is 4.43. The van der Waals surface area contributed by atoms with Gasteiger partial charge in [0.25, 0.3) is 0 Å². The van der Waals surface area contributed by atoms with Gasteiger partial charge in [-0.15, -0.1) is 0 Å². The Labute approximate surface area is 221 Å². The zero-order valence-electron chi connectivity index (χ0n) is 20.4. The molecule has 1 fully saturated rings. The molecule has 2 heterocycles. The van der Waals surface area contributed by atoms with E-state index in [-0.39, 0.29) is 12.0 Å². The molecule has 9 heteroatoms. The quantitative estimate of drug-likeness (QED) is 0.354. The molecule has 3 aromatic rings. The van der Waals surface area contributed by atoms with Crippen LogP contribution in [0, 0.1) is 0 Å². The summed E-state index contributed by atoms with van der Waals surface area (Å²) in [5.41, 5.74) is 3.39. The molecule has 0 amide bonds. The molecule has 1 saturated heterocycles. The molecule has 1 N–H and O–H groups in total. The number of carbonyl (C=O) groups is 1. The number of rotatable bonds is 9. The first kappa shape index (κ1) is 26.2. The highest BCUT2D eigenvalue weighted by molar-refractivity contribution is 6.35. The van der Waals surface area contributed by atoms with Gasteiger partial charge in [0.2, 0.25) is 0 Å². The molecule has 1 aromatic heterocycles. The minimum atomic E-state index is -0.750. The average Bonchev–Trinajstić information content (AvgIpc) is 2.90. The Morgan fingerprint density at radius 2 is 1.97 bits per heavy atom. The van der Waals surface area contributed by atoms with Gasteiger partial charge in [-0.25, -0.2) is 4.98 Å². The molecule has 0 spiro atoms. The van der Waals surface area contributed by atoms with Crippen molar-refractivity contribution >= 4 is 34.9 Å². The molecular weight excluding hydrogens is 501 g/mol. The second kappa shape index (κ2) is 11.9. The lowest BCUT2D eigenvalue weighted by molar-refractivity contribution is -0.154. The van der Waals surface area contributed by atoms with Crippen LogP contribution >= 0.6 is 23.2 Å². The van der Waals surface area contributed by atoms with Crippen LogP contribution in [0.2, 0.25) is 10.0 Å². The minimum Gasteiger partial charge on any atom is -0.467 e. The summed E-state index contributed by atoms with van der Waals surface area (Å²) in [6.45, 7) is 3.77. The summed E-state index contributed by atoms with van der Waals surface area (Å²) < 4.78 is 16.3. The number of ether oxygens (including phenoxy) is 3. The molecule has 2 aromatic carbocycles. The molecule has 1 aliphatic rings. The van der Waals surface area contributed by atoms with E-state index in [0.717, 1.165) is 22.4 Å². The fraction of sp³-hybridized carbons (Fsp3) is 0.370. The van der Waals surface area contributed by atoms with E-state index in [2.05, 4.69) is 15.3 Å². The van der Waals surface area contributed by atoms with Gasteiger partial charge in [-0.2, -0.15) is 4.98 Å². The van der Waals surface area contributed by atoms with Crippen molar-refractivity contribution in [3.8, 4) is 17.3 Å². The van der Waals surface area contributed by atoms with Gasteiger partial charge < -0.3 is 19.5 Å². The largest absolute Gasteiger partial charge is 0.467 e. The molecule has 0 unspecified atom stereocenters. The molecule has 7 nitrogen and oxygen atoms in total. The SMILES string of the molecule is CCOC(=O)C1(c2cccc(-c3nc(OC)ncc3NCCc3ccc(Cl)cc3Cl)c2)CCOCC1. The highest BCUT2D eigenvalue weighted by atomic mass is 35.5. The van der Waals surface area contributed by atoms with Crippen LogP contribution in [0.15, 0.2) is 48.7 Å². The van der Waals surface area contributed by atoms with Crippen LogP contribution in [-0.4, -0.2) is 49.4 Å². The van der Waals surface area contributed by atoms with E-state index < -0.39 is 5.41 Å². The smallest absolute Gasteiger partial charge is 0.316 e. The van der Waals surface area contributed by atoms with Crippen molar-refractivity contribution in [3.05, 3.63) is 69.8 Å². The van der Waals surface area contributed by atoms with Crippen molar-refractivity contribution in [2.45, 2.75) is 31.6 Å². The number of hydrogen-bond acceptors (Lipinski definition) is 7. The number of methoxy groups -OCH3 is 1. The Balaban J connectivity index is 1.64. The lowest BCUT2D eigenvalue weighted by atomic mass is 9.73. The van der Waals surface area contributed by atoms with Crippen LogP contribution in [0.25, 0.3) is 11.3 Å². The van der Waals surface area contributed by atoms with E-state index >= 15 is 0 Å². The third-order valence-electron chi connectivity index (χ3n) is 6.38. The van der Waals surface area contributed by atoms with Gasteiger partial charge in [-0.3, -0.25) is 4.79 Å². The lowest BCUT2D eigenvalue weighted by Crippen LogP contribution is -2.42. The summed E-state index contributed by atoms with van der Waals surface area (Å²) >= 11 is 12.3. The van der Waals surface area contributed by atoms with Crippen LogP contribution in [0.1, 0.15) is 30.9 Å². The maximum Gasteiger partial charge on any atom is 0.316 e. The number of nitrogens with zero attached hydrogens (tertiary/aromatic N) is 2. The number of hydrogen-bond donors (Lipinski definition) is 1. The molecule has 0 saturated carbocycles. The molecule has 0 bridgehead atoms. The maximum absolute atomic E-state index is 13.1. The minimum absolute atomic E-state index is 0.219. The second-order valence-electron chi connectivity index (χ2n) is 8.53. The van der Waals surface area contributed by atoms with Crippen molar-refractivity contribution in [2.75, 3.05) is 38.8 Å². The van der Waals surface area contributed by atoms with Crippen LogP contribution in [-0.2, 0) is 26.1 Å². The fourth-order valence-corrected chi connectivity index (χ4v) is 4.94. The van der Waals surface area contributed by atoms with Gasteiger partial charge in [-0.1, -0.05) is 47.5 Å². The van der Waals surface area contributed by atoms with Crippen molar-refractivity contribution in [2.24, 2.45) is 0 Å². The second-order valence-corrected chi connectivity index (χ2v) is 9.37. The molecule has 190 valence electrons. The van der Waals surface area contributed by atoms with Crippen molar-refractivity contribution < 1.29 is 19.0 Å². The summed E-state index contributed by atoms with van der Waals surface area (Å²) in [5, 5.41) is 4.65. The summed E-state index contributed by atoms with van der Waals surface area (Å²) in [7, 11) is 1.53. The highest BCUT2D eigenvalue weighted by Crippen LogP contribution is 2.39. The summed E-state index contributed by atoms with van der Waals surface area (Å²) in [6.07, 6.45) is 3.52. The summed E-state index contributed by atoms with van der Waals surface area (Å²) in [6, 6.07) is 13.6. The zero-order chi connectivity index (χ0) is 25.5. The third-order valence-corrected chi connectivity index (χ3v) is 6.96. The van der Waals surface area contributed by atoms with Gasteiger partial charge in [0.1, 0.15) is 5.69 Å². The number of benzene rings is 2. The third kappa shape index (κ3) is 5.75. The van der Waals surface area contributed by atoms with Crippen molar-refractivity contribution in [1.82, 2.24) is 9.97 Å². The first-order chi connectivity index (χ1) is 17.5. The first-order valence-corrected chi connectivity index (χ1v) is 12.7. The highest BCUT2D eigenvalue weighted by Gasteiger charge is 2.43. The molecule has 0 radical (unpaired) electrons. The molecule has 4 rings (SSSR count). The lowest BCUT2D eigenvalue weighted by Gasteiger charge is -2.35. The van der Waals surface area contributed by atoms with Gasteiger partial charge >= 0.3 is 12.0 Å². The molecule has 0 aliphatic carbocycles. The Morgan fingerprint density at radius 3 is 2.69 bits per heavy atom. The Bertz CT molecular complexity index is 1220. The topological polar surface area (TPSA) is 82.6 Å². The van der Waals surface area contributed by atoms with E-state index in [1.807, 2.05) is 43.3 Å². The monoisotopic (exact) mass is 529 g/mol. The predicted octanol–water partition coefficient (Wildman–Crippen LogP) is 5.72. The van der Waals surface area contributed by atoms with E-state index in [0.29, 0.717) is 61.4 Å². The molecule has 36 heavy (non-hydrogen) atoms. The number of esters is 1. The van der Waals surface area contributed by atoms with E-state index in [1.165, 1.54) is 7.11 Å². The van der Waals surface area contributed by atoms with Crippen LogP contribution in [0.4, 0.5) is 5.69 Å². The number of halogens is 2. The van der Waals surface area contributed by atoms with Crippen molar-refractivity contribution in [3.63, 3.8) is 0 Å². The predicted molar refractivity (Wildman–Crippen MR) is 141 cm³/mol. The number of aromatic nitrogens is 2. The van der Waals surface area contributed by atoms with Crippen LogP contribution < -0.4 is 10.1 Å². The van der Waals surface area contributed by atoms with E-state index in [9.17, 15) is 4.79 Å². The Hall–Kier alpha value is -2.87. The first-order valence-electron chi connectivity index (χ1n) is 11.9. The average molecular weight is 530 g/mol. The Morgan fingerprint density at radius 1 is 1.17 bits per heavy atom. The molecular formula is C27H29Cl2N3O4. The maximum atomic E-state index is 13.1. The normalized spacial score (nSPS) is 14.8. The van der Waals surface area contributed by atoms with Gasteiger partial charge in [0.05, 0.1) is 31.0 Å². The van der Waals surface area contributed by atoms with E-state index in [1.54, 1.807) is 12.3 Å².